The zero-order chi connectivity index (χ0) is 6.69. The molecule has 2 N–H and O–H groups in total. The summed E-state index contributed by atoms with van der Waals surface area (Å²) >= 11 is 3.21. The van der Waals surface area contributed by atoms with Crippen molar-refractivity contribution in [3.8, 4) is 0 Å². The van der Waals surface area contributed by atoms with Crippen LogP contribution in [0.15, 0.2) is 15.4 Å². The van der Waals surface area contributed by atoms with Crippen LogP contribution in [0.2, 0.25) is 0 Å². The summed E-state index contributed by atoms with van der Waals surface area (Å²) in [5.74, 6) is 0. The second-order valence-corrected chi connectivity index (χ2v) is 2.42. The van der Waals surface area contributed by atoms with Crippen molar-refractivity contribution in [3.63, 3.8) is 0 Å². The lowest BCUT2D eigenvalue weighted by atomic mass is 10.3. The van der Waals surface area contributed by atoms with Crippen molar-refractivity contribution in [1.29, 1.82) is 0 Å². The first-order valence-corrected chi connectivity index (χ1v) is 3.42. The summed E-state index contributed by atoms with van der Waals surface area (Å²) in [6.45, 7) is 0.625. The first kappa shape index (κ1) is 6.77. The summed E-state index contributed by atoms with van der Waals surface area (Å²) in [5.41, 5.74) is 6.32. The average molecular weight is 191 g/mol. The van der Waals surface area contributed by atoms with E-state index in [4.69, 9.17) is 5.73 Å². The Hall–Kier alpha value is -0.350. The van der Waals surface area contributed by atoms with Gasteiger partial charge in [0.05, 0.1) is 0 Å². The molecule has 50 valence electrons. The van der Waals surface area contributed by atoms with Gasteiger partial charge < -0.3 is 10.3 Å². The minimum Gasteiger partial charge on any atom is -0.363 e. The molecule has 0 aliphatic rings. The molecule has 3 nitrogen and oxygen atoms in total. The van der Waals surface area contributed by atoms with E-state index in [1.807, 2.05) is 0 Å². The van der Waals surface area contributed by atoms with Gasteiger partial charge in [0.1, 0.15) is 6.26 Å². The highest BCUT2D eigenvalue weighted by Crippen LogP contribution is 2.13. The third-order valence-corrected chi connectivity index (χ3v) is 1.66. The van der Waals surface area contributed by atoms with Crippen LogP contribution in [0, 0.1) is 0 Å². The zero-order valence-corrected chi connectivity index (χ0v) is 6.39. The van der Waals surface area contributed by atoms with E-state index in [2.05, 4.69) is 25.6 Å². The van der Waals surface area contributed by atoms with E-state index in [-0.39, 0.29) is 0 Å². The molecule has 0 spiro atoms. The fraction of sp³-hybridized carbons (Fsp3) is 0.400. The molecule has 0 atom stereocenters. The Morgan fingerprint density at radius 2 is 2.56 bits per heavy atom. The zero-order valence-electron chi connectivity index (χ0n) is 4.80. The topological polar surface area (TPSA) is 52.0 Å². The number of hydrogen-bond acceptors (Lipinski definition) is 3. The van der Waals surface area contributed by atoms with E-state index in [0.29, 0.717) is 6.54 Å². The number of aromatic nitrogens is 1. The molecule has 0 aliphatic heterocycles. The first-order chi connectivity index (χ1) is 4.34. The highest BCUT2D eigenvalue weighted by molar-refractivity contribution is 9.10. The SMILES string of the molecule is NCCc1conc1Br. The highest BCUT2D eigenvalue weighted by Gasteiger charge is 2.00. The van der Waals surface area contributed by atoms with Gasteiger partial charge in [0, 0.05) is 5.56 Å². The molecule has 1 aromatic rings. The molecule has 0 bridgehead atoms. The van der Waals surface area contributed by atoms with E-state index in [1.165, 1.54) is 0 Å². The van der Waals surface area contributed by atoms with Gasteiger partial charge in [-0.25, -0.2) is 0 Å². The minimum absolute atomic E-state index is 0.625. The highest BCUT2D eigenvalue weighted by atomic mass is 79.9. The van der Waals surface area contributed by atoms with E-state index in [0.717, 1.165) is 16.6 Å². The third kappa shape index (κ3) is 1.53. The van der Waals surface area contributed by atoms with Crippen LogP contribution in [0.5, 0.6) is 0 Å². The van der Waals surface area contributed by atoms with Gasteiger partial charge in [-0.15, -0.1) is 0 Å². The number of halogens is 1. The number of nitrogens with zero attached hydrogens (tertiary/aromatic N) is 1. The lowest BCUT2D eigenvalue weighted by Crippen LogP contribution is -2.01. The van der Waals surface area contributed by atoms with Crippen molar-refractivity contribution in [1.82, 2.24) is 5.16 Å². The Labute approximate surface area is 61.3 Å². The van der Waals surface area contributed by atoms with Crippen molar-refractivity contribution >= 4 is 15.9 Å². The lowest BCUT2D eigenvalue weighted by Gasteiger charge is -1.87. The van der Waals surface area contributed by atoms with Crippen LogP contribution in [-0.4, -0.2) is 11.7 Å². The molecule has 0 aliphatic carbocycles. The standard InChI is InChI=1S/C5H7BrN2O/c6-5-4(1-2-7)3-9-8-5/h3H,1-2,7H2. The van der Waals surface area contributed by atoms with Crippen LogP contribution in [0.25, 0.3) is 0 Å². The summed E-state index contributed by atoms with van der Waals surface area (Å²) in [4.78, 5) is 0. The van der Waals surface area contributed by atoms with Gasteiger partial charge in [-0.2, -0.15) is 0 Å². The lowest BCUT2D eigenvalue weighted by molar-refractivity contribution is 0.415. The Morgan fingerprint density at radius 3 is 3.00 bits per heavy atom. The van der Waals surface area contributed by atoms with Crippen molar-refractivity contribution in [2.24, 2.45) is 5.73 Å². The molecule has 0 saturated carbocycles. The summed E-state index contributed by atoms with van der Waals surface area (Å²) in [6, 6.07) is 0. The maximum atomic E-state index is 5.30. The minimum atomic E-state index is 0.625. The van der Waals surface area contributed by atoms with Crippen LogP contribution < -0.4 is 5.73 Å². The number of nitrogens with two attached hydrogens (primary N) is 1. The summed E-state index contributed by atoms with van der Waals surface area (Å²) < 4.78 is 5.40. The second kappa shape index (κ2) is 2.98. The fourth-order valence-corrected chi connectivity index (χ4v) is 0.936. The predicted molar refractivity (Wildman–Crippen MR) is 37.0 cm³/mol. The van der Waals surface area contributed by atoms with Crippen molar-refractivity contribution in [3.05, 3.63) is 16.4 Å². The Bertz CT molecular complexity index is 187. The molecule has 9 heavy (non-hydrogen) atoms. The molecular formula is C5H7BrN2O. The summed E-state index contributed by atoms with van der Waals surface area (Å²) in [5, 5.41) is 3.62. The van der Waals surface area contributed by atoms with Gasteiger partial charge in [-0.1, -0.05) is 5.16 Å². The monoisotopic (exact) mass is 190 g/mol. The van der Waals surface area contributed by atoms with Gasteiger partial charge in [0.2, 0.25) is 0 Å². The molecule has 0 radical (unpaired) electrons. The molecule has 1 rings (SSSR count). The largest absolute Gasteiger partial charge is 0.363 e. The van der Waals surface area contributed by atoms with E-state index in [1.54, 1.807) is 6.26 Å². The second-order valence-electron chi connectivity index (χ2n) is 1.67. The van der Waals surface area contributed by atoms with Crippen molar-refractivity contribution < 1.29 is 4.52 Å². The van der Waals surface area contributed by atoms with Gasteiger partial charge in [0.25, 0.3) is 0 Å². The molecule has 0 amide bonds. The summed E-state index contributed by atoms with van der Waals surface area (Å²) in [7, 11) is 0. The van der Waals surface area contributed by atoms with Gasteiger partial charge in [-0.3, -0.25) is 0 Å². The molecule has 1 heterocycles. The molecule has 0 unspecified atom stereocenters. The maximum absolute atomic E-state index is 5.30. The van der Waals surface area contributed by atoms with Crippen LogP contribution >= 0.6 is 15.9 Å². The number of hydrogen-bond donors (Lipinski definition) is 1. The van der Waals surface area contributed by atoms with Crippen molar-refractivity contribution in [2.45, 2.75) is 6.42 Å². The molecule has 0 saturated heterocycles. The van der Waals surface area contributed by atoms with Gasteiger partial charge in [-0.05, 0) is 28.9 Å². The smallest absolute Gasteiger partial charge is 0.152 e. The quantitative estimate of drug-likeness (QED) is 0.756. The van der Waals surface area contributed by atoms with Crippen LogP contribution in [0.1, 0.15) is 5.56 Å². The van der Waals surface area contributed by atoms with Crippen molar-refractivity contribution in [2.75, 3.05) is 6.54 Å². The van der Waals surface area contributed by atoms with E-state index < -0.39 is 0 Å². The Morgan fingerprint density at radius 1 is 1.78 bits per heavy atom. The van der Waals surface area contributed by atoms with E-state index >= 15 is 0 Å². The van der Waals surface area contributed by atoms with E-state index in [9.17, 15) is 0 Å². The molecule has 0 aromatic carbocycles. The van der Waals surface area contributed by atoms with Crippen LogP contribution in [0.4, 0.5) is 0 Å². The maximum Gasteiger partial charge on any atom is 0.152 e. The summed E-state index contributed by atoms with van der Waals surface area (Å²) in [6.07, 6.45) is 2.40. The Kier molecular flexibility index (Phi) is 2.24. The molecule has 0 fully saturated rings. The average Bonchev–Trinajstić information content (AvgIpc) is 2.18. The predicted octanol–water partition coefficient (Wildman–Crippen LogP) is 0.938. The third-order valence-electron chi connectivity index (χ3n) is 1.01. The van der Waals surface area contributed by atoms with Crippen LogP contribution in [0.3, 0.4) is 0 Å². The Balaban J connectivity index is 2.69. The fourth-order valence-electron chi connectivity index (χ4n) is 0.561. The first-order valence-electron chi connectivity index (χ1n) is 2.63. The van der Waals surface area contributed by atoms with Gasteiger partial charge >= 0.3 is 0 Å². The molecular weight excluding hydrogens is 184 g/mol. The van der Waals surface area contributed by atoms with Crippen LogP contribution in [-0.2, 0) is 6.42 Å². The number of rotatable bonds is 2. The molecule has 1 aromatic heterocycles. The normalized spacial score (nSPS) is 10.0. The van der Waals surface area contributed by atoms with Gasteiger partial charge in [0.15, 0.2) is 4.60 Å². The molecule has 4 heteroatoms.